The van der Waals surface area contributed by atoms with Crippen LogP contribution in [0.3, 0.4) is 0 Å². The number of aliphatic hydroxyl groups is 3. The molecule has 0 fully saturated rings. The Hall–Kier alpha value is -0.240. The minimum atomic E-state index is -1.63. The van der Waals surface area contributed by atoms with Crippen LogP contribution in [0, 0.1) is 5.92 Å². The predicted octanol–water partition coefficient (Wildman–Crippen LogP) is 2.97. The van der Waals surface area contributed by atoms with Crippen molar-refractivity contribution in [2.75, 3.05) is 26.4 Å². The summed E-state index contributed by atoms with van der Waals surface area (Å²) in [5.41, 5.74) is 0.232. The number of ether oxygens (including phenoxy) is 1. The van der Waals surface area contributed by atoms with Crippen molar-refractivity contribution in [1.29, 1.82) is 0 Å². The van der Waals surface area contributed by atoms with Gasteiger partial charge in [0.05, 0.1) is 6.61 Å². The van der Waals surface area contributed by atoms with Crippen LogP contribution in [0.15, 0.2) is 0 Å². The van der Waals surface area contributed by atoms with Gasteiger partial charge >= 0.3 is 0 Å². The monoisotopic (exact) mass is 363 g/mol. The number of hydrogen-bond acceptors (Lipinski definition) is 6. The molecular weight excluding hydrogens is 322 g/mol. The van der Waals surface area contributed by atoms with Crippen LogP contribution in [0.2, 0.25) is 0 Å². The molecular formula is C19H41NO5. The standard InChI is InChI=1S/C19H41NO5/c1-2-3-4-5-6-7-8-9-10-11-16-25-17-18(12-14-21)19(23,20-24)13-15-22/h18,20-24H,2-17H2,1H3. The van der Waals surface area contributed by atoms with Crippen molar-refractivity contribution >= 4 is 0 Å². The Kier molecular flexibility index (Phi) is 17.0. The van der Waals surface area contributed by atoms with Gasteiger partial charge in [-0.3, -0.25) is 0 Å². The molecule has 0 aliphatic carbocycles. The second-order valence-electron chi connectivity index (χ2n) is 6.98. The van der Waals surface area contributed by atoms with E-state index in [2.05, 4.69) is 6.92 Å². The fraction of sp³-hybridized carbons (Fsp3) is 1.00. The third kappa shape index (κ3) is 12.7. The number of hydrogen-bond donors (Lipinski definition) is 5. The number of hydroxylamine groups is 1. The van der Waals surface area contributed by atoms with Gasteiger partial charge in [0.1, 0.15) is 5.72 Å². The van der Waals surface area contributed by atoms with Crippen molar-refractivity contribution in [2.45, 2.75) is 89.7 Å². The molecule has 0 rings (SSSR count). The summed E-state index contributed by atoms with van der Waals surface area (Å²) >= 11 is 0. The van der Waals surface area contributed by atoms with E-state index < -0.39 is 11.6 Å². The van der Waals surface area contributed by atoms with Crippen LogP contribution in [0.25, 0.3) is 0 Å². The number of aliphatic hydroxyl groups excluding tert-OH is 2. The molecule has 0 aromatic carbocycles. The van der Waals surface area contributed by atoms with Crippen molar-refractivity contribution in [3.63, 3.8) is 0 Å². The van der Waals surface area contributed by atoms with Crippen molar-refractivity contribution in [1.82, 2.24) is 5.48 Å². The quantitative estimate of drug-likeness (QED) is 0.137. The lowest BCUT2D eigenvalue weighted by Gasteiger charge is -2.34. The Morgan fingerprint density at radius 3 is 1.92 bits per heavy atom. The van der Waals surface area contributed by atoms with Crippen molar-refractivity contribution in [3.8, 4) is 0 Å². The summed E-state index contributed by atoms with van der Waals surface area (Å²) in [6.45, 7) is 2.72. The molecule has 0 saturated carbocycles. The van der Waals surface area contributed by atoms with E-state index in [-0.39, 0.29) is 26.2 Å². The van der Waals surface area contributed by atoms with Gasteiger partial charge in [-0.2, -0.15) is 5.48 Å². The molecule has 0 saturated heterocycles. The highest BCUT2D eigenvalue weighted by atomic mass is 16.5. The highest BCUT2D eigenvalue weighted by Gasteiger charge is 2.35. The summed E-state index contributed by atoms with van der Waals surface area (Å²) < 4.78 is 5.61. The third-order valence-corrected chi connectivity index (χ3v) is 4.80. The highest BCUT2D eigenvalue weighted by Crippen LogP contribution is 2.22. The SMILES string of the molecule is CCCCCCCCCCCCOCC(CCO)C(O)(CCO)NO. The zero-order valence-electron chi connectivity index (χ0n) is 16.1. The normalized spacial score (nSPS) is 15.2. The van der Waals surface area contributed by atoms with Gasteiger partial charge in [-0.15, -0.1) is 0 Å². The Balaban J connectivity index is 3.69. The second-order valence-corrected chi connectivity index (χ2v) is 6.98. The van der Waals surface area contributed by atoms with E-state index in [0.29, 0.717) is 13.0 Å². The molecule has 0 aromatic heterocycles. The maximum atomic E-state index is 10.3. The van der Waals surface area contributed by atoms with E-state index in [9.17, 15) is 5.11 Å². The topological polar surface area (TPSA) is 102 Å². The van der Waals surface area contributed by atoms with Gasteiger partial charge in [-0.05, 0) is 12.8 Å². The van der Waals surface area contributed by atoms with Crippen LogP contribution >= 0.6 is 0 Å². The lowest BCUT2D eigenvalue weighted by molar-refractivity contribution is -0.159. The molecule has 0 aliphatic rings. The van der Waals surface area contributed by atoms with E-state index in [4.69, 9.17) is 20.2 Å². The summed E-state index contributed by atoms with van der Waals surface area (Å²) in [6.07, 6.45) is 12.9. The Bertz CT molecular complexity index is 281. The zero-order valence-corrected chi connectivity index (χ0v) is 16.1. The summed E-state index contributed by atoms with van der Waals surface area (Å²) in [6, 6.07) is 0. The zero-order chi connectivity index (χ0) is 18.8. The average Bonchev–Trinajstić information content (AvgIpc) is 2.61. The van der Waals surface area contributed by atoms with Crippen molar-refractivity contribution < 1.29 is 25.3 Å². The highest BCUT2D eigenvalue weighted by molar-refractivity contribution is 4.81. The molecule has 0 radical (unpaired) electrons. The van der Waals surface area contributed by atoms with Crippen LogP contribution in [0.1, 0.15) is 84.0 Å². The summed E-state index contributed by atoms with van der Waals surface area (Å²) in [5.74, 6) is -0.474. The van der Waals surface area contributed by atoms with Crippen LogP contribution in [-0.4, -0.2) is 52.7 Å². The van der Waals surface area contributed by atoms with Crippen molar-refractivity contribution in [3.05, 3.63) is 0 Å². The molecule has 2 unspecified atom stereocenters. The summed E-state index contributed by atoms with van der Waals surface area (Å²) in [5, 5.41) is 37.6. The van der Waals surface area contributed by atoms with Gasteiger partial charge in [-0.25, -0.2) is 0 Å². The summed E-state index contributed by atoms with van der Waals surface area (Å²) in [4.78, 5) is 0. The molecule has 152 valence electrons. The maximum absolute atomic E-state index is 10.3. The Morgan fingerprint density at radius 1 is 0.880 bits per heavy atom. The van der Waals surface area contributed by atoms with Crippen LogP contribution in [-0.2, 0) is 4.74 Å². The van der Waals surface area contributed by atoms with Gasteiger partial charge in [0.25, 0.3) is 0 Å². The van der Waals surface area contributed by atoms with Gasteiger partial charge in [-0.1, -0.05) is 64.7 Å². The molecule has 25 heavy (non-hydrogen) atoms. The van der Waals surface area contributed by atoms with E-state index >= 15 is 0 Å². The molecule has 0 spiro atoms. The molecule has 2 atom stereocenters. The molecule has 0 aromatic rings. The van der Waals surface area contributed by atoms with Crippen LogP contribution in [0.4, 0.5) is 0 Å². The minimum Gasteiger partial charge on any atom is -0.396 e. The fourth-order valence-electron chi connectivity index (χ4n) is 3.05. The number of unbranched alkanes of at least 4 members (excludes halogenated alkanes) is 9. The van der Waals surface area contributed by atoms with E-state index in [1.54, 1.807) is 0 Å². The van der Waals surface area contributed by atoms with E-state index in [1.807, 2.05) is 5.48 Å². The minimum absolute atomic E-state index is 0.0181. The lowest BCUT2D eigenvalue weighted by Crippen LogP contribution is -2.52. The molecule has 0 bridgehead atoms. The number of nitrogens with one attached hydrogen (secondary N) is 1. The average molecular weight is 364 g/mol. The predicted molar refractivity (Wildman–Crippen MR) is 99.4 cm³/mol. The van der Waals surface area contributed by atoms with E-state index in [0.717, 1.165) is 12.8 Å². The Labute approximate surface area is 153 Å². The number of rotatable bonds is 19. The van der Waals surface area contributed by atoms with Crippen molar-refractivity contribution in [2.24, 2.45) is 5.92 Å². The van der Waals surface area contributed by atoms with Crippen LogP contribution < -0.4 is 5.48 Å². The second kappa shape index (κ2) is 17.2. The maximum Gasteiger partial charge on any atom is 0.144 e. The lowest BCUT2D eigenvalue weighted by atomic mass is 9.91. The molecule has 0 heterocycles. The first kappa shape index (κ1) is 24.8. The smallest absolute Gasteiger partial charge is 0.144 e. The fourth-order valence-corrected chi connectivity index (χ4v) is 3.05. The first-order valence-corrected chi connectivity index (χ1v) is 10.1. The van der Waals surface area contributed by atoms with Crippen LogP contribution in [0.5, 0.6) is 0 Å². The molecule has 0 aliphatic heterocycles. The molecule has 6 heteroatoms. The summed E-state index contributed by atoms with van der Waals surface area (Å²) in [7, 11) is 0. The third-order valence-electron chi connectivity index (χ3n) is 4.80. The van der Waals surface area contributed by atoms with Gasteiger partial charge in [0, 0.05) is 32.2 Å². The van der Waals surface area contributed by atoms with Gasteiger partial charge in [0.15, 0.2) is 0 Å². The van der Waals surface area contributed by atoms with Gasteiger partial charge in [0.2, 0.25) is 0 Å². The molecule has 5 N–H and O–H groups in total. The first-order valence-electron chi connectivity index (χ1n) is 10.1. The Morgan fingerprint density at radius 2 is 1.44 bits per heavy atom. The largest absolute Gasteiger partial charge is 0.396 e. The first-order chi connectivity index (χ1) is 12.1. The van der Waals surface area contributed by atoms with E-state index in [1.165, 1.54) is 51.4 Å². The molecule has 0 amide bonds. The van der Waals surface area contributed by atoms with Gasteiger partial charge < -0.3 is 25.3 Å². The molecule has 6 nitrogen and oxygen atoms in total.